The van der Waals surface area contributed by atoms with Crippen LogP contribution in [0.4, 0.5) is 11.4 Å². The Hall–Kier alpha value is -3.06. The smallest absolute Gasteiger partial charge is 0.340 e. The van der Waals surface area contributed by atoms with E-state index in [0.29, 0.717) is 43.3 Å². The van der Waals surface area contributed by atoms with Crippen LogP contribution in [0.1, 0.15) is 24.2 Å². The molecule has 0 radical (unpaired) electrons. The molecule has 1 amide bonds. The van der Waals surface area contributed by atoms with Crippen LogP contribution in [-0.2, 0) is 14.3 Å². The van der Waals surface area contributed by atoms with E-state index >= 15 is 0 Å². The summed E-state index contributed by atoms with van der Waals surface area (Å²) in [6, 6.07) is 14.4. The Bertz CT molecular complexity index is 861. The molecule has 1 aliphatic heterocycles. The van der Waals surface area contributed by atoms with Crippen molar-refractivity contribution in [2.75, 3.05) is 43.6 Å². The van der Waals surface area contributed by atoms with Crippen molar-refractivity contribution in [2.24, 2.45) is 0 Å². The van der Waals surface area contributed by atoms with Gasteiger partial charge in [-0.3, -0.25) is 4.79 Å². The van der Waals surface area contributed by atoms with E-state index in [1.807, 2.05) is 24.3 Å². The zero-order valence-electron chi connectivity index (χ0n) is 16.9. The molecule has 3 rings (SSSR count). The summed E-state index contributed by atoms with van der Waals surface area (Å²) in [7, 11) is 1.34. The predicted molar refractivity (Wildman–Crippen MR) is 111 cm³/mol. The first-order valence-electron chi connectivity index (χ1n) is 9.51. The Morgan fingerprint density at radius 1 is 1.07 bits per heavy atom. The summed E-state index contributed by atoms with van der Waals surface area (Å²) in [6.07, 6.45) is 0. The van der Waals surface area contributed by atoms with Gasteiger partial charge < -0.3 is 24.4 Å². The summed E-state index contributed by atoms with van der Waals surface area (Å²) in [5.41, 5.74) is 0.555. The molecule has 7 heteroatoms. The number of hydrogen-bond donors (Lipinski definition) is 1. The number of nitrogens with one attached hydrogen (secondary N) is 1. The topological polar surface area (TPSA) is 77.1 Å². The minimum Gasteiger partial charge on any atom is -0.478 e. The molecule has 0 unspecified atom stereocenters. The van der Waals surface area contributed by atoms with E-state index in [2.05, 4.69) is 10.2 Å². The average molecular weight is 398 g/mol. The van der Waals surface area contributed by atoms with Gasteiger partial charge in [-0.25, -0.2) is 4.79 Å². The van der Waals surface area contributed by atoms with Gasteiger partial charge in [-0.05, 0) is 44.2 Å². The molecule has 2 aromatic carbocycles. The number of esters is 1. The van der Waals surface area contributed by atoms with Crippen LogP contribution in [0.15, 0.2) is 48.5 Å². The van der Waals surface area contributed by atoms with Crippen LogP contribution in [-0.4, -0.2) is 50.9 Å². The second-order valence-corrected chi connectivity index (χ2v) is 7.20. The molecule has 154 valence electrons. The van der Waals surface area contributed by atoms with Crippen molar-refractivity contribution in [3.63, 3.8) is 0 Å². The summed E-state index contributed by atoms with van der Waals surface area (Å²) in [5, 5.41) is 2.84. The monoisotopic (exact) mass is 398 g/mol. The first kappa shape index (κ1) is 20.7. The van der Waals surface area contributed by atoms with E-state index in [1.165, 1.54) is 7.11 Å². The number of para-hydroxylation sites is 1. The van der Waals surface area contributed by atoms with Crippen molar-refractivity contribution >= 4 is 23.3 Å². The molecular weight excluding hydrogens is 372 g/mol. The van der Waals surface area contributed by atoms with Crippen molar-refractivity contribution in [1.29, 1.82) is 0 Å². The molecule has 0 atom stereocenters. The first-order valence-corrected chi connectivity index (χ1v) is 9.51. The van der Waals surface area contributed by atoms with Crippen molar-refractivity contribution < 1.29 is 23.8 Å². The fourth-order valence-electron chi connectivity index (χ4n) is 3.08. The summed E-state index contributed by atoms with van der Waals surface area (Å²) in [6.45, 7) is 5.97. The molecule has 0 spiro atoms. The van der Waals surface area contributed by atoms with Gasteiger partial charge in [-0.15, -0.1) is 0 Å². The molecule has 0 aromatic heterocycles. The van der Waals surface area contributed by atoms with Gasteiger partial charge in [0.25, 0.3) is 5.91 Å². The van der Waals surface area contributed by atoms with E-state index in [1.54, 1.807) is 38.1 Å². The largest absolute Gasteiger partial charge is 0.478 e. The van der Waals surface area contributed by atoms with Gasteiger partial charge in [0.1, 0.15) is 5.75 Å². The van der Waals surface area contributed by atoms with Crippen molar-refractivity contribution in [3.05, 3.63) is 54.1 Å². The van der Waals surface area contributed by atoms with E-state index in [4.69, 9.17) is 14.2 Å². The molecule has 2 aromatic rings. The van der Waals surface area contributed by atoms with Crippen LogP contribution in [0, 0.1) is 0 Å². The number of carbonyl (C=O) groups is 2. The summed E-state index contributed by atoms with van der Waals surface area (Å²) in [4.78, 5) is 27.2. The number of methoxy groups -OCH3 is 1. The zero-order valence-corrected chi connectivity index (χ0v) is 16.9. The number of benzene rings is 2. The minimum absolute atomic E-state index is 0.323. The van der Waals surface area contributed by atoms with Crippen LogP contribution >= 0.6 is 0 Å². The van der Waals surface area contributed by atoms with E-state index in [9.17, 15) is 9.59 Å². The summed E-state index contributed by atoms with van der Waals surface area (Å²) >= 11 is 0. The number of rotatable bonds is 6. The third-order valence-corrected chi connectivity index (χ3v) is 4.67. The second kappa shape index (κ2) is 8.96. The van der Waals surface area contributed by atoms with Gasteiger partial charge in [-0.2, -0.15) is 0 Å². The van der Waals surface area contributed by atoms with Crippen LogP contribution < -0.4 is 15.0 Å². The maximum Gasteiger partial charge on any atom is 0.340 e. The summed E-state index contributed by atoms with van der Waals surface area (Å²) < 4.78 is 16.1. The molecule has 1 fully saturated rings. The molecule has 0 saturated carbocycles. The van der Waals surface area contributed by atoms with Crippen LogP contribution in [0.2, 0.25) is 0 Å². The quantitative estimate of drug-likeness (QED) is 0.754. The Morgan fingerprint density at radius 3 is 2.41 bits per heavy atom. The van der Waals surface area contributed by atoms with Gasteiger partial charge in [-0.1, -0.05) is 18.2 Å². The molecule has 7 nitrogen and oxygen atoms in total. The lowest BCUT2D eigenvalue weighted by atomic mass is 10.1. The van der Waals surface area contributed by atoms with E-state index in [0.717, 1.165) is 5.69 Å². The normalized spacial score (nSPS) is 14.2. The molecule has 29 heavy (non-hydrogen) atoms. The van der Waals surface area contributed by atoms with Gasteiger partial charge in [0.15, 0.2) is 5.60 Å². The van der Waals surface area contributed by atoms with Gasteiger partial charge in [0.2, 0.25) is 0 Å². The number of amides is 1. The van der Waals surface area contributed by atoms with Crippen molar-refractivity contribution in [1.82, 2.24) is 0 Å². The highest BCUT2D eigenvalue weighted by atomic mass is 16.5. The van der Waals surface area contributed by atoms with Gasteiger partial charge >= 0.3 is 5.97 Å². The Balaban J connectivity index is 1.79. The molecule has 1 saturated heterocycles. The Labute approximate surface area is 170 Å². The lowest BCUT2D eigenvalue weighted by Gasteiger charge is -2.30. The second-order valence-electron chi connectivity index (χ2n) is 7.20. The Kier molecular flexibility index (Phi) is 6.39. The fraction of sp³-hybridized carbons (Fsp3) is 0.364. The lowest BCUT2D eigenvalue weighted by molar-refractivity contribution is -0.128. The molecule has 1 heterocycles. The molecule has 1 N–H and O–H groups in total. The molecule has 1 aliphatic rings. The maximum absolute atomic E-state index is 12.8. The van der Waals surface area contributed by atoms with Gasteiger partial charge in [0, 0.05) is 18.8 Å². The highest BCUT2D eigenvalue weighted by Crippen LogP contribution is 2.27. The van der Waals surface area contributed by atoms with Crippen molar-refractivity contribution in [2.45, 2.75) is 19.4 Å². The third kappa shape index (κ3) is 5.06. The fourth-order valence-corrected chi connectivity index (χ4v) is 3.08. The third-order valence-electron chi connectivity index (χ3n) is 4.67. The first-order chi connectivity index (χ1) is 13.9. The highest BCUT2D eigenvalue weighted by molar-refractivity contribution is 6.01. The zero-order chi connectivity index (χ0) is 20.9. The van der Waals surface area contributed by atoms with Crippen molar-refractivity contribution in [3.8, 4) is 5.75 Å². The highest BCUT2D eigenvalue weighted by Gasteiger charge is 2.30. The molecule has 0 aliphatic carbocycles. The number of morpholine rings is 1. The number of ether oxygens (including phenoxy) is 3. The average Bonchev–Trinajstić information content (AvgIpc) is 2.74. The maximum atomic E-state index is 12.8. The van der Waals surface area contributed by atoms with E-state index < -0.39 is 11.6 Å². The lowest BCUT2D eigenvalue weighted by Crippen LogP contribution is -2.42. The van der Waals surface area contributed by atoms with E-state index in [-0.39, 0.29) is 5.91 Å². The van der Waals surface area contributed by atoms with Crippen LogP contribution in [0.25, 0.3) is 0 Å². The predicted octanol–water partition coefficient (Wildman–Crippen LogP) is 3.11. The molecule has 0 bridgehead atoms. The number of carbonyl (C=O) groups excluding carboxylic acids is 2. The van der Waals surface area contributed by atoms with Gasteiger partial charge in [0.05, 0.1) is 31.6 Å². The number of anilines is 2. The summed E-state index contributed by atoms with van der Waals surface area (Å²) in [5.74, 6) is -0.177. The SMILES string of the molecule is COC(=O)c1cc(NC(=O)C(C)(C)Oc2ccccc2)ccc1N1CCOCC1. The van der Waals surface area contributed by atoms with Crippen LogP contribution in [0.3, 0.4) is 0 Å². The standard InChI is InChI=1S/C22H26N2O5/c1-22(2,29-17-7-5-4-6-8-17)21(26)23-16-9-10-19(18(15-16)20(25)27-3)24-11-13-28-14-12-24/h4-10,15H,11-14H2,1-3H3,(H,23,26). The van der Waals surface area contributed by atoms with Crippen LogP contribution in [0.5, 0.6) is 5.75 Å². The Morgan fingerprint density at radius 2 is 1.76 bits per heavy atom. The minimum atomic E-state index is -1.10. The molecular formula is C22H26N2O5. The number of nitrogens with zero attached hydrogens (tertiary/aromatic N) is 1. The number of hydrogen-bond acceptors (Lipinski definition) is 6.